The summed E-state index contributed by atoms with van der Waals surface area (Å²) in [7, 11) is 0. The van der Waals surface area contributed by atoms with E-state index in [9.17, 15) is 9.59 Å². The molecule has 0 aromatic rings. The number of rotatable bonds is 3. The highest BCUT2D eigenvalue weighted by atomic mass is 16.5. The van der Waals surface area contributed by atoms with Gasteiger partial charge in [-0.15, -0.1) is 0 Å². The maximum Gasteiger partial charge on any atom is 0.319 e. The predicted molar refractivity (Wildman–Crippen MR) is 59.9 cm³/mol. The lowest BCUT2D eigenvalue weighted by atomic mass is 9.50. The van der Waals surface area contributed by atoms with Crippen LogP contribution in [0, 0.1) is 10.8 Å². The minimum absolute atomic E-state index is 0.0107. The third-order valence-electron chi connectivity index (χ3n) is 4.36. The molecule has 2 fully saturated rings. The third kappa shape index (κ3) is 1.57. The third-order valence-corrected chi connectivity index (χ3v) is 4.36. The monoisotopic (exact) mass is 224 g/mol. The molecule has 0 saturated heterocycles. The van der Waals surface area contributed by atoms with Gasteiger partial charge in [0.2, 0.25) is 0 Å². The topological polar surface area (TPSA) is 43.4 Å². The fourth-order valence-corrected chi connectivity index (χ4v) is 3.51. The molecule has 0 aromatic carbocycles. The molecule has 3 heteroatoms. The number of hydrogen-bond acceptors (Lipinski definition) is 3. The van der Waals surface area contributed by atoms with E-state index in [1.807, 2.05) is 0 Å². The fourth-order valence-electron chi connectivity index (χ4n) is 3.51. The number of ketones is 1. The zero-order valence-electron chi connectivity index (χ0n) is 10.2. The Morgan fingerprint density at radius 1 is 1.19 bits per heavy atom. The Morgan fingerprint density at radius 3 is 2.19 bits per heavy atom. The van der Waals surface area contributed by atoms with E-state index in [0.717, 1.165) is 12.8 Å². The summed E-state index contributed by atoms with van der Waals surface area (Å²) in [6.07, 6.45) is 6.32. The van der Waals surface area contributed by atoms with Crippen LogP contribution in [0.4, 0.5) is 0 Å². The van der Waals surface area contributed by atoms with E-state index in [-0.39, 0.29) is 11.8 Å². The Hall–Kier alpha value is -0.860. The van der Waals surface area contributed by atoms with E-state index in [4.69, 9.17) is 4.74 Å². The van der Waals surface area contributed by atoms with Crippen molar-refractivity contribution in [1.82, 2.24) is 0 Å². The summed E-state index contributed by atoms with van der Waals surface area (Å²) in [6.45, 7) is 3.68. The van der Waals surface area contributed by atoms with E-state index >= 15 is 0 Å². The Morgan fingerprint density at radius 2 is 1.75 bits per heavy atom. The van der Waals surface area contributed by atoms with Crippen molar-refractivity contribution in [2.45, 2.75) is 52.4 Å². The zero-order valence-corrected chi connectivity index (χ0v) is 10.2. The van der Waals surface area contributed by atoms with E-state index in [2.05, 4.69) is 0 Å². The molecule has 2 aliphatic carbocycles. The van der Waals surface area contributed by atoms with Crippen molar-refractivity contribution in [1.29, 1.82) is 0 Å². The maximum absolute atomic E-state index is 11.9. The van der Waals surface area contributed by atoms with E-state index < -0.39 is 5.41 Å². The van der Waals surface area contributed by atoms with Crippen LogP contribution in [0.15, 0.2) is 0 Å². The van der Waals surface area contributed by atoms with Gasteiger partial charge >= 0.3 is 5.97 Å². The van der Waals surface area contributed by atoms with Gasteiger partial charge in [0.05, 0.1) is 6.61 Å². The highest BCUT2D eigenvalue weighted by Crippen LogP contribution is 2.63. The number of Topliss-reactive ketones (excluding diaryl/α,β-unsaturated/α-hetero) is 1. The van der Waals surface area contributed by atoms with Crippen LogP contribution in [-0.2, 0) is 14.3 Å². The first kappa shape index (κ1) is 11.6. The van der Waals surface area contributed by atoms with Crippen molar-refractivity contribution >= 4 is 11.8 Å². The number of ether oxygens (including phenoxy) is 1. The standard InChI is InChI=1S/C13H20O3/c1-3-16-11(15)13(10(2)14)8-12(9-13)6-4-5-7-12/h3-9H2,1-2H3. The summed E-state index contributed by atoms with van der Waals surface area (Å²) in [6, 6.07) is 0. The molecule has 2 rings (SSSR count). The molecule has 3 nitrogen and oxygen atoms in total. The number of hydrogen-bond donors (Lipinski definition) is 0. The average molecular weight is 224 g/mol. The van der Waals surface area contributed by atoms with Crippen LogP contribution in [0.25, 0.3) is 0 Å². The molecular formula is C13H20O3. The van der Waals surface area contributed by atoms with Crippen molar-refractivity contribution in [3.8, 4) is 0 Å². The molecule has 90 valence electrons. The maximum atomic E-state index is 11.9. The van der Waals surface area contributed by atoms with Gasteiger partial charge in [-0.2, -0.15) is 0 Å². The molecule has 0 bridgehead atoms. The fraction of sp³-hybridized carbons (Fsp3) is 0.846. The van der Waals surface area contributed by atoms with Gasteiger partial charge in [-0.25, -0.2) is 0 Å². The predicted octanol–water partition coefficient (Wildman–Crippen LogP) is 2.48. The molecule has 0 amide bonds. The molecule has 0 N–H and O–H groups in total. The minimum Gasteiger partial charge on any atom is -0.465 e. The lowest BCUT2D eigenvalue weighted by molar-refractivity contribution is -0.176. The summed E-state index contributed by atoms with van der Waals surface area (Å²) >= 11 is 0. The second-order valence-corrected chi connectivity index (χ2v) is 5.42. The van der Waals surface area contributed by atoms with Crippen LogP contribution >= 0.6 is 0 Å². The summed E-state index contributed by atoms with van der Waals surface area (Å²) in [5, 5.41) is 0. The zero-order chi connectivity index (χ0) is 11.8. The van der Waals surface area contributed by atoms with Gasteiger partial charge in [0.1, 0.15) is 11.2 Å². The number of carbonyl (C=O) groups excluding carboxylic acids is 2. The Bertz CT molecular complexity index is 305. The molecule has 16 heavy (non-hydrogen) atoms. The van der Waals surface area contributed by atoms with Gasteiger partial charge < -0.3 is 4.74 Å². The Kier molecular flexibility index (Phi) is 2.81. The molecule has 0 unspecified atom stereocenters. The van der Waals surface area contributed by atoms with E-state index in [1.54, 1.807) is 6.92 Å². The van der Waals surface area contributed by atoms with Gasteiger partial charge in [-0.3, -0.25) is 9.59 Å². The molecule has 0 aliphatic heterocycles. The number of esters is 1. The molecule has 2 aliphatic rings. The smallest absolute Gasteiger partial charge is 0.319 e. The summed E-state index contributed by atoms with van der Waals surface area (Å²) < 4.78 is 5.05. The second kappa shape index (κ2) is 3.86. The molecule has 0 radical (unpaired) electrons. The summed E-state index contributed by atoms with van der Waals surface area (Å²) in [5.41, 5.74) is -0.501. The van der Waals surface area contributed by atoms with Crippen LogP contribution in [0.2, 0.25) is 0 Å². The summed E-state index contributed by atoms with van der Waals surface area (Å²) in [5.74, 6) is -0.302. The molecule has 0 aromatic heterocycles. The molecule has 0 heterocycles. The van der Waals surface area contributed by atoms with Crippen molar-refractivity contribution in [2.24, 2.45) is 10.8 Å². The normalized spacial score (nSPS) is 25.1. The van der Waals surface area contributed by atoms with E-state index in [0.29, 0.717) is 12.0 Å². The van der Waals surface area contributed by atoms with Crippen molar-refractivity contribution in [3.05, 3.63) is 0 Å². The Labute approximate surface area is 96.5 Å². The molecular weight excluding hydrogens is 204 g/mol. The van der Waals surface area contributed by atoms with Gasteiger partial charge in [-0.1, -0.05) is 12.8 Å². The highest BCUT2D eigenvalue weighted by molar-refractivity contribution is 6.04. The van der Waals surface area contributed by atoms with Crippen LogP contribution < -0.4 is 0 Å². The van der Waals surface area contributed by atoms with Crippen LogP contribution in [-0.4, -0.2) is 18.4 Å². The van der Waals surface area contributed by atoms with Crippen molar-refractivity contribution in [3.63, 3.8) is 0 Å². The largest absolute Gasteiger partial charge is 0.465 e. The number of carbonyl (C=O) groups is 2. The lowest BCUT2D eigenvalue weighted by Gasteiger charge is -2.51. The average Bonchev–Trinajstić information content (AvgIpc) is 2.62. The Balaban J connectivity index is 2.10. The SMILES string of the molecule is CCOC(=O)C1(C(C)=O)CC2(CCCC2)C1. The first-order valence-electron chi connectivity index (χ1n) is 6.23. The van der Waals surface area contributed by atoms with Gasteiger partial charge in [0.25, 0.3) is 0 Å². The second-order valence-electron chi connectivity index (χ2n) is 5.42. The highest BCUT2D eigenvalue weighted by Gasteiger charge is 2.62. The van der Waals surface area contributed by atoms with Crippen molar-refractivity contribution < 1.29 is 14.3 Å². The van der Waals surface area contributed by atoms with Gasteiger partial charge in [0, 0.05) is 0 Å². The minimum atomic E-state index is -0.791. The molecule has 1 spiro atoms. The van der Waals surface area contributed by atoms with Crippen LogP contribution in [0.1, 0.15) is 52.4 Å². The van der Waals surface area contributed by atoms with Crippen LogP contribution in [0.5, 0.6) is 0 Å². The van der Waals surface area contributed by atoms with Crippen molar-refractivity contribution in [2.75, 3.05) is 6.61 Å². The van der Waals surface area contributed by atoms with E-state index in [1.165, 1.54) is 32.6 Å². The molecule has 0 atom stereocenters. The quantitative estimate of drug-likeness (QED) is 0.546. The van der Waals surface area contributed by atoms with Crippen LogP contribution in [0.3, 0.4) is 0 Å². The molecule has 2 saturated carbocycles. The summed E-state index contributed by atoms with van der Waals surface area (Å²) in [4.78, 5) is 23.6. The van der Waals surface area contributed by atoms with Gasteiger partial charge in [-0.05, 0) is 44.9 Å². The first-order valence-corrected chi connectivity index (χ1v) is 6.23. The van der Waals surface area contributed by atoms with Gasteiger partial charge in [0.15, 0.2) is 0 Å². The lowest BCUT2D eigenvalue weighted by Crippen LogP contribution is -2.54. The first-order chi connectivity index (χ1) is 7.55.